The molecule has 2 atom stereocenters. The molecule has 2 aromatic carbocycles. The fourth-order valence-electron chi connectivity index (χ4n) is 4.93. The van der Waals surface area contributed by atoms with Gasteiger partial charge in [0.2, 0.25) is 5.95 Å². The smallest absolute Gasteiger partial charge is 0.320 e. The topological polar surface area (TPSA) is 168 Å². The summed E-state index contributed by atoms with van der Waals surface area (Å²) in [5, 5.41) is 30.4. The predicted octanol–water partition coefficient (Wildman–Crippen LogP) is 5.23. The molecule has 0 unspecified atom stereocenters. The molecule has 1 fully saturated rings. The van der Waals surface area contributed by atoms with E-state index in [0.717, 1.165) is 0 Å². The van der Waals surface area contributed by atoms with Crippen molar-refractivity contribution in [1.82, 2.24) is 19.9 Å². The number of hydrogen-bond acceptors (Lipinski definition) is 10. The summed E-state index contributed by atoms with van der Waals surface area (Å²) in [5.74, 6) is -0.121. The Morgan fingerprint density at radius 1 is 1.16 bits per heavy atom. The lowest BCUT2D eigenvalue weighted by atomic mass is 10.1. The molecule has 2 aromatic heterocycles. The zero-order valence-corrected chi connectivity index (χ0v) is 25.6. The summed E-state index contributed by atoms with van der Waals surface area (Å²) < 4.78 is 33.6. The van der Waals surface area contributed by atoms with Crippen LogP contribution >= 0.6 is 11.6 Å². The predicted molar refractivity (Wildman–Crippen MR) is 165 cm³/mol. The number of aromatic hydroxyl groups is 1. The van der Waals surface area contributed by atoms with Gasteiger partial charge in [0, 0.05) is 23.5 Å². The van der Waals surface area contributed by atoms with Crippen molar-refractivity contribution in [2.45, 2.75) is 62.4 Å². The van der Waals surface area contributed by atoms with Crippen molar-refractivity contribution < 1.29 is 28.2 Å². The van der Waals surface area contributed by atoms with Crippen molar-refractivity contribution in [2.24, 2.45) is 0 Å². The van der Waals surface area contributed by atoms with Crippen LogP contribution in [0.25, 0.3) is 10.8 Å². The van der Waals surface area contributed by atoms with Crippen LogP contribution in [0, 0.1) is 0 Å². The largest absolute Gasteiger partial charge is 0.494 e. The van der Waals surface area contributed by atoms with Crippen molar-refractivity contribution in [3.05, 3.63) is 53.8 Å². The number of ether oxygens (including phenoxy) is 1. The first-order valence-electron chi connectivity index (χ1n) is 13.7. The van der Waals surface area contributed by atoms with E-state index < -0.39 is 27.1 Å². The van der Waals surface area contributed by atoms with Crippen molar-refractivity contribution >= 4 is 61.3 Å². The molecule has 5 N–H and O–H groups in total. The Bertz CT molecular complexity index is 1790. The summed E-state index contributed by atoms with van der Waals surface area (Å²) in [6.07, 6.45) is 3.33. The standard InChI is InChI=1S/C29H33ClN6O6S/c1-15(2)42-24-9-17-14-36(18-10-23(28(38)39)31-12-18)27(37)19(17)11-22(24)34-29-32-13-20(30)26(35-29)33-21-7-5-6-8-25(21)43(40,41)16(3)4/h5-9,11,13-16,18,23,31,37H,10,12H2,1-4H3,(H,38,39)(H2,32,33,34,35)/t18-,23-/m0/s1. The first-order valence-corrected chi connectivity index (χ1v) is 15.7. The van der Waals surface area contributed by atoms with E-state index in [9.17, 15) is 23.4 Å². The zero-order chi connectivity index (χ0) is 31.1. The number of sulfone groups is 1. The molecule has 4 aromatic rings. The molecule has 0 spiro atoms. The second kappa shape index (κ2) is 11.9. The molecule has 0 bridgehead atoms. The summed E-state index contributed by atoms with van der Waals surface area (Å²) >= 11 is 6.40. The second-order valence-corrected chi connectivity index (χ2v) is 13.8. The summed E-state index contributed by atoms with van der Waals surface area (Å²) in [6, 6.07) is 9.09. The van der Waals surface area contributed by atoms with E-state index in [1.54, 1.807) is 54.9 Å². The molecular weight excluding hydrogens is 596 g/mol. The highest BCUT2D eigenvalue weighted by Gasteiger charge is 2.32. The van der Waals surface area contributed by atoms with E-state index >= 15 is 0 Å². The Morgan fingerprint density at radius 2 is 1.91 bits per heavy atom. The molecule has 14 heteroatoms. The molecule has 12 nitrogen and oxygen atoms in total. The molecular formula is C29H33ClN6O6S. The molecule has 1 aliphatic heterocycles. The maximum Gasteiger partial charge on any atom is 0.320 e. The average molecular weight is 629 g/mol. The van der Waals surface area contributed by atoms with Gasteiger partial charge >= 0.3 is 5.97 Å². The lowest BCUT2D eigenvalue weighted by Gasteiger charge is -2.17. The van der Waals surface area contributed by atoms with Gasteiger partial charge in [-0.25, -0.2) is 13.4 Å². The van der Waals surface area contributed by atoms with Crippen LogP contribution in [-0.4, -0.2) is 63.1 Å². The lowest BCUT2D eigenvalue weighted by Crippen LogP contribution is -2.29. The van der Waals surface area contributed by atoms with Gasteiger partial charge in [0.15, 0.2) is 21.5 Å². The summed E-state index contributed by atoms with van der Waals surface area (Å²) in [6.45, 7) is 7.40. The third-order valence-electron chi connectivity index (χ3n) is 7.14. The highest BCUT2D eigenvalue weighted by molar-refractivity contribution is 7.92. The highest BCUT2D eigenvalue weighted by Crippen LogP contribution is 2.40. The first kappa shape index (κ1) is 30.4. The number of nitrogens with zero attached hydrogens (tertiary/aromatic N) is 3. The van der Waals surface area contributed by atoms with Gasteiger partial charge in [-0.15, -0.1) is 0 Å². The Labute approximate surface area is 254 Å². The number of carboxylic acids is 1. The van der Waals surface area contributed by atoms with Crippen molar-refractivity contribution in [1.29, 1.82) is 0 Å². The van der Waals surface area contributed by atoms with E-state index in [1.165, 1.54) is 12.3 Å². The Balaban J connectivity index is 1.49. The minimum atomic E-state index is -3.59. The van der Waals surface area contributed by atoms with Crippen molar-refractivity contribution in [2.75, 3.05) is 17.2 Å². The quantitative estimate of drug-likeness (QED) is 0.156. The van der Waals surface area contributed by atoms with E-state index in [4.69, 9.17) is 16.3 Å². The number of rotatable bonds is 10. The molecule has 3 heterocycles. The third kappa shape index (κ3) is 6.19. The van der Waals surface area contributed by atoms with Crippen LogP contribution in [0.1, 0.15) is 40.2 Å². The Hall–Kier alpha value is -4.07. The zero-order valence-electron chi connectivity index (χ0n) is 24.0. The number of aromatic nitrogens is 3. The van der Waals surface area contributed by atoms with Gasteiger partial charge in [0.1, 0.15) is 16.8 Å². The van der Waals surface area contributed by atoms with E-state index in [2.05, 4.69) is 25.9 Å². The number of carbonyl (C=O) groups is 1. The molecule has 0 aliphatic carbocycles. The third-order valence-corrected chi connectivity index (χ3v) is 9.62. The molecule has 1 saturated heterocycles. The number of anilines is 4. The summed E-state index contributed by atoms with van der Waals surface area (Å²) in [7, 11) is -3.59. The van der Waals surface area contributed by atoms with Gasteiger partial charge in [0.25, 0.3) is 0 Å². The maximum atomic E-state index is 12.9. The fraction of sp³-hybridized carbons (Fsp3) is 0.345. The molecule has 0 amide bonds. The maximum absolute atomic E-state index is 12.9. The SMILES string of the molecule is CC(C)Oc1cc2cn([C@@H]3CN[C@H](C(=O)O)C3)c(O)c2cc1Nc1ncc(Cl)c(Nc2ccccc2S(=O)(=O)C(C)C)n1. The van der Waals surface area contributed by atoms with Crippen LogP contribution < -0.4 is 20.7 Å². The molecule has 5 rings (SSSR count). The lowest BCUT2D eigenvalue weighted by molar-refractivity contribution is -0.139. The van der Waals surface area contributed by atoms with Gasteiger partial charge in [-0.2, -0.15) is 4.98 Å². The summed E-state index contributed by atoms with van der Waals surface area (Å²) in [5.41, 5.74) is 0.795. The highest BCUT2D eigenvalue weighted by atomic mass is 35.5. The van der Waals surface area contributed by atoms with Crippen LogP contribution in [0.5, 0.6) is 11.6 Å². The Morgan fingerprint density at radius 3 is 2.58 bits per heavy atom. The average Bonchev–Trinajstić information content (AvgIpc) is 3.56. The number of halogens is 1. The number of fused-ring (bicyclic) bond motifs is 1. The van der Waals surface area contributed by atoms with E-state index in [1.807, 2.05) is 13.8 Å². The minimum Gasteiger partial charge on any atom is -0.494 e. The van der Waals surface area contributed by atoms with Gasteiger partial charge in [-0.3, -0.25) is 4.79 Å². The van der Waals surface area contributed by atoms with Crippen LogP contribution in [0.4, 0.5) is 23.1 Å². The van der Waals surface area contributed by atoms with Crippen LogP contribution in [0.15, 0.2) is 53.7 Å². The van der Waals surface area contributed by atoms with Gasteiger partial charge in [0.05, 0.1) is 39.9 Å². The number of benzene rings is 2. The molecule has 0 saturated carbocycles. The first-order chi connectivity index (χ1) is 20.3. The van der Waals surface area contributed by atoms with Gasteiger partial charge in [-0.05, 0) is 58.4 Å². The molecule has 43 heavy (non-hydrogen) atoms. The van der Waals surface area contributed by atoms with Gasteiger partial charge in [-0.1, -0.05) is 23.7 Å². The molecule has 0 radical (unpaired) electrons. The second-order valence-electron chi connectivity index (χ2n) is 10.9. The summed E-state index contributed by atoms with van der Waals surface area (Å²) in [4.78, 5) is 20.3. The number of hydrogen-bond donors (Lipinski definition) is 5. The number of para-hydroxylation sites is 1. The normalized spacial score (nSPS) is 17.1. The van der Waals surface area contributed by atoms with E-state index in [0.29, 0.717) is 40.9 Å². The van der Waals surface area contributed by atoms with Crippen LogP contribution in [0.3, 0.4) is 0 Å². The fourth-order valence-corrected chi connectivity index (χ4v) is 6.27. The Kier molecular flexibility index (Phi) is 8.41. The van der Waals surface area contributed by atoms with Crippen LogP contribution in [0.2, 0.25) is 5.02 Å². The molecule has 1 aliphatic rings. The van der Waals surface area contributed by atoms with E-state index in [-0.39, 0.29) is 39.7 Å². The number of nitrogens with one attached hydrogen (secondary N) is 3. The van der Waals surface area contributed by atoms with Crippen molar-refractivity contribution in [3.8, 4) is 11.6 Å². The van der Waals surface area contributed by atoms with Crippen molar-refractivity contribution in [3.63, 3.8) is 0 Å². The number of aliphatic carboxylic acids is 1. The minimum absolute atomic E-state index is 0.00525. The molecule has 228 valence electrons. The van der Waals surface area contributed by atoms with Crippen LogP contribution in [-0.2, 0) is 14.6 Å². The monoisotopic (exact) mass is 628 g/mol. The number of carboxylic acid groups (broad SMARTS) is 1. The van der Waals surface area contributed by atoms with Gasteiger partial charge < -0.3 is 35.5 Å².